The summed E-state index contributed by atoms with van der Waals surface area (Å²) in [5.41, 5.74) is 1.08. The predicted molar refractivity (Wildman–Crippen MR) is 66.3 cm³/mol. The number of aromatic nitrogens is 1. The Kier molecular flexibility index (Phi) is 3.20. The van der Waals surface area contributed by atoms with Crippen LogP contribution in [0.15, 0.2) is 18.2 Å². The van der Waals surface area contributed by atoms with E-state index in [9.17, 15) is 0 Å². The molecule has 0 bridgehead atoms. The molecule has 0 aliphatic heterocycles. The van der Waals surface area contributed by atoms with Crippen LogP contribution in [0, 0.1) is 3.95 Å². The molecule has 0 radical (unpaired) electrons. The Morgan fingerprint density at radius 1 is 1.50 bits per heavy atom. The third-order valence-electron chi connectivity index (χ3n) is 1.74. The van der Waals surface area contributed by atoms with Crippen molar-refractivity contribution in [3.63, 3.8) is 0 Å². The van der Waals surface area contributed by atoms with Crippen molar-refractivity contribution >= 4 is 49.7 Å². The second-order valence-corrected chi connectivity index (χ2v) is 5.22. The lowest BCUT2D eigenvalue weighted by molar-refractivity contribution is 0.345. The van der Waals surface area contributed by atoms with E-state index in [0.29, 0.717) is 6.61 Å². The lowest BCUT2D eigenvalue weighted by atomic mass is 10.3. The van der Waals surface area contributed by atoms with Gasteiger partial charge in [-0.2, -0.15) is 0 Å². The van der Waals surface area contributed by atoms with Crippen LogP contribution in [0.4, 0.5) is 0 Å². The first kappa shape index (κ1) is 10.1. The summed E-state index contributed by atoms with van der Waals surface area (Å²) in [4.78, 5) is 3.11. The number of benzene rings is 1. The first-order valence-electron chi connectivity index (χ1n) is 4.11. The van der Waals surface area contributed by atoms with Crippen LogP contribution in [-0.2, 0) is 0 Å². The number of rotatable bonds is 3. The second-order valence-electron chi connectivity index (χ2n) is 2.71. The number of hydrogen-bond donors (Lipinski definition) is 1. The van der Waals surface area contributed by atoms with E-state index in [0.717, 1.165) is 25.3 Å². The molecular formula is C9H8BrNOS2. The number of thiazole rings is 1. The molecule has 0 spiro atoms. The Balaban J connectivity index is 2.35. The number of H-pyrrole nitrogens is 1. The van der Waals surface area contributed by atoms with Crippen LogP contribution in [0.5, 0.6) is 5.75 Å². The van der Waals surface area contributed by atoms with E-state index in [-0.39, 0.29) is 0 Å². The first-order chi connectivity index (χ1) is 6.79. The first-order valence-corrected chi connectivity index (χ1v) is 6.46. The molecule has 0 aliphatic rings. The summed E-state index contributed by atoms with van der Waals surface area (Å²) >= 11 is 9.94. The largest absolute Gasteiger partial charge is 0.493 e. The molecule has 0 aliphatic carbocycles. The Morgan fingerprint density at radius 3 is 3.14 bits per heavy atom. The minimum Gasteiger partial charge on any atom is -0.493 e. The van der Waals surface area contributed by atoms with Gasteiger partial charge in [-0.1, -0.05) is 15.9 Å². The van der Waals surface area contributed by atoms with E-state index in [2.05, 4.69) is 20.9 Å². The SMILES string of the molecule is S=c1[nH]c2ccc(OCCBr)cc2s1. The molecular weight excluding hydrogens is 282 g/mol. The highest BCUT2D eigenvalue weighted by molar-refractivity contribution is 9.09. The van der Waals surface area contributed by atoms with Gasteiger partial charge >= 0.3 is 0 Å². The van der Waals surface area contributed by atoms with Crippen molar-refractivity contribution in [2.75, 3.05) is 11.9 Å². The fourth-order valence-electron chi connectivity index (χ4n) is 1.17. The topological polar surface area (TPSA) is 25.0 Å². The Labute approximate surface area is 99.0 Å². The van der Waals surface area contributed by atoms with E-state index >= 15 is 0 Å². The smallest absolute Gasteiger partial charge is 0.159 e. The number of aromatic amines is 1. The fraction of sp³-hybridized carbons (Fsp3) is 0.222. The molecule has 2 aromatic rings. The van der Waals surface area contributed by atoms with E-state index < -0.39 is 0 Å². The van der Waals surface area contributed by atoms with Gasteiger partial charge in [0.05, 0.1) is 16.8 Å². The van der Waals surface area contributed by atoms with Gasteiger partial charge in [0.1, 0.15) is 5.75 Å². The molecule has 1 aromatic carbocycles. The van der Waals surface area contributed by atoms with Gasteiger partial charge < -0.3 is 9.72 Å². The molecule has 0 atom stereocenters. The zero-order valence-corrected chi connectivity index (χ0v) is 10.5. The van der Waals surface area contributed by atoms with Crippen LogP contribution in [0.1, 0.15) is 0 Å². The molecule has 0 saturated carbocycles. The monoisotopic (exact) mass is 289 g/mol. The van der Waals surface area contributed by atoms with Crippen molar-refractivity contribution in [3.05, 3.63) is 22.2 Å². The zero-order valence-electron chi connectivity index (χ0n) is 7.25. The third kappa shape index (κ3) is 2.16. The van der Waals surface area contributed by atoms with E-state index in [1.54, 1.807) is 11.3 Å². The second kappa shape index (κ2) is 4.42. The van der Waals surface area contributed by atoms with Crippen LogP contribution in [0.2, 0.25) is 0 Å². The molecule has 1 N–H and O–H groups in total. The maximum absolute atomic E-state index is 5.48. The minimum atomic E-state index is 0.682. The van der Waals surface area contributed by atoms with Crippen molar-refractivity contribution in [1.82, 2.24) is 4.98 Å². The Morgan fingerprint density at radius 2 is 2.36 bits per heavy atom. The van der Waals surface area contributed by atoms with Crippen molar-refractivity contribution in [3.8, 4) is 5.75 Å². The molecule has 1 aromatic heterocycles. The number of nitrogens with one attached hydrogen (secondary N) is 1. The number of hydrogen-bond acceptors (Lipinski definition) is 3. The van der Waals surface area contributed by atoms with Crippen molar-refractivity contribution < 1.29 is 4.74 Å². The molecule has 0 fully saturated rings. The van der Waals surface area contributed by atoms with Gasteiger partial charge in [0.25, 0.3) is 0 Å². The molecule has 0 amide bonds. The quantitative estimate of drug-likeness (QED) is 0.688. The van der Waals surface area contributed by atoms with Gasteiger partial charge in [0.15, 0.2) is 3.95 Å². The molecule has 0 unspecified atom stereocenters. The average molecular weight is 290 g/mol. The number of halogens is 1. The maximum atomic E-state index is 5.48. The summed E-state index contributed by atoms with van der Waals surface area (Å²) in [7, 11) is 0. The van der Waals surface area contributed by atoms with E-state index in [4.69, 9.17) is 17.0 Å². The van der Waals surface area contributed by atoms with Crippen LogP contribution in [0.3, 0.4) is 0 Å². The number of fused-ring (bicyclic) bond motifs is 1. The van der Waals surface area contributed by atoms with Crippen molar-refractivity contribution in [2.45, 2.75) is 0 Å². The number of ether oxygens (including phenoxy) is 1. The molecule has 2 rings (SSSR count). The molecule has 0 saturated heterocycles. The summed E-state index contributed by atoms with van der Waals surface area (Å²) in [6.07, 6.45) is 0. The lowest BCUT2D eigenvalue weighted by Gasteiger charge is -2.02. The van der Waals surface area contributed by atoms with Crippen molar-refractivity contribution in [1.29, 1.82) is 0 Å². The van der Waals surface area contributed by atoms with Gasteiger partial charge in [0.2, 0.25) is 0 Å². The van der Waals surface area contributed by atoms with Crippen LogP contribution in [0.25, 0.3) is 10.2 Å². The highest BCUT2D eigenvalue weighted by Crippen LogP contribution is 2.24. The summed E-state index contributed by atoms with van der Waals surface area (Å²) in [5, 5.41) is 0.841. The van der Waals surface area contributed by atoms with Gasteiger partial charge in [-0.3, -0.25) is 0 Å². The van der Waals surface area contributed by atoms with Gasteiger partial charge in [-0.05, 0) is 30.4 Å². The zero-order chi connectivity index (χ0) is 9.97. The summed E-state index contributed by atoms with van der Waals surface area (Å²) in [6, 6.07) is 5.95. The highest BCUT2D eigenvalue weighted by Gasteiger charge is 1.99. The normalized spacial score (nSPS) is 10.6. The Hall–Kier alpha value is -0.390. The Bertz CT molecular complexity index is 491. The minimum absolute atomic E-state index is 0.682. The maximum Gasteiger partial charge on any atom is 0.159 e. The molecule has 1 heterocycles. The highest BCUT2D eigenvalue weighted by atomic mass is 79.9. The van der Waals surface area contributed by atoms with Crippen LogP contribution >= 0.6 is 39.5 Å². The number of alkyl halides is 1. The summed E-state index contributed by atoms with van der Waals surface area (Å²) in [5.74, 6) is 0.891. The molecule has 5 heteroatoms. The van der Waals surface area contributed by atoms with Crippen LogP contribution in [-0.4, -0.2) is 16.9 Å². The molecule has 2 nitrogen and oxygen atoms in total. The van der Waals surface area contributed by atoms with Gasteiger partial charge in [0, 0.05) is 5.33 Å². The summed E-state index contributed by atoms with van der Waals surface area (Å²) in [6.45, 7) is 0.682. The van der Waals surface area contributed by atoms with Gasteiger partial charge in [-0.25, -0.2) is 0 Å². The fourth-order valence-corrected chi connectivity index (χ4v) is 2.48. The van der Waals surface area contributed by atoms with E-state index in [1.807, 2.05) is 18.2 Å². The third-order valence-corrected chi connectivity index (χ3v) is 3.26. The predicted octanol–water partition coefficient (Wildman–Crippen LogP) is 3.73. The molecule has 14 heavy (non-hydrogen) atoms. The van der Waals surface area contributed by atoms with Crippen molar-refractivity contribution in [2.24, 2.45) is 0 Å². The lowest BCUT2D eigenvalue weighted by Crippen LogP contribution is -1.96. The van der Waals surface area contributed by atoms with Gasteiger partial charge in [-0.15, -0.1) is 11.3 Å². The van der Waals surface area contributed by atoms with E-state index in [1.165, 1.54) is 0 Å². The average Bonchev–Trinajstić information content (AvgIpc) is 2.54. The molecule has 74 valence electrons. The van der Waals surface area contributed by atoms with Crippen LogP contribution < -0.4 is 4.74 Å². The standard InChI is InChI=1S/C9H8BrNOS2/c10-3-4-12-6-1-2-7-8(5-6)14-9(13)11-7/h1-2,5H,3-4H2,(H,11,13). The summed E-state index contributed by atoms with van der Waals surface area (Å²) < 4.78 is 7.43.